The third-order valence-corrected chi connectivity index (χ3v) is 8.54. The van der Waals surface area contributed by atoms with E-state index in [2.05, 4.69) is 11.0 Å². The Morgan fingerprint density at radius 3 is 2.32 bits per heavy atom. The summed E-state index contributed by atoms with van der Waals surface area (Å²) in [6.45, 7) is 5.90. The van der Waals surface area contributed by atoms with E-state index in [0.717, 1.165) is 41.6 Å². The number of aryl methyl sites for hydroxylation is 1. The van der Waals surface area contributed by atoms with E-state index in [4.69, 9.17) is 4.98 Å². The van der Waals surface area contributed by atoms with Crippen LogP contribution in [0.5, 0.6) is 0 Å². The van der Waals surface area contributed by atoms with Gasteiger partial charge in [0.1, 0.15) is 0 Å². The number of sulfonamides is 1. The van der Waals surface area contributed by atoms with Gasteiger partial charge in [-0.05, 0) is 82.4 Å². The van der Waals surface area contributed by atoms with Gasteiger partial charge in [0.25, 0.3) is 5.91 Å². The highest BCUT2D eigenvalue weighted by Crippen LogP contribution is 2.31. The molecule has 0 saturated heterocycles. The molecule has 2 aromatic carbocycles. The third kappa shape index (κ3) is 6.21. The summed E-state index contributed by atoms with van der Waals surface area (Å²) in [7, 11) is 2.02. The number of anilines is 1. The Kier molecular flexibility index (Phi) is 8.81. The SMILES string of the molecule is CCCCN(C)S(=O)(=O)c1ccc(C(=O)N(CCCN(C)C)c2nc3ccc(C)cc3s2)cc1. The number of fused-ring (bicyclic) bond motifs is 1. The Bertz CT molecular complexity index is 1220. The molecule has 1 amide bonds. The Morgan fingerprint density at radius 1 is 0.971 bits per heavy atom. The van der Waals surface area contributed by atoms with Crippen molar-refractivity contribution in [2.45, 2.75) is 38.0 Å². The molecule has 1 heterocycles. The Labute approximate surface area is 207 Å². The quantitative estimate of drug-likeness (QED) is 0.382. The zero-order chi connectivity index (χ0) is 24.9. The molecule has 3 aromatic rings. The van der Waals surface area contributed by atoms with Gasteiger partial charge in [0.2, 0.25) is 10.0 Å². The normalized spacial score (nSPS) is 12.1. The summed E-state index contributed by atoms with van der Waals surface area (Å²) >= 11 is 1.50. The minimum absolute atomic E-state index is 0.183. The minimum atomic E-state index is -3.58. The number of nitrogens with zero attached hydrogens (tertiary/aromatic N) is 4. The molecule has 7 nitrogen and oxygen atoms in total. The lowest BCUT2D eigenvalue weighted by molar-refractivity contribution is 0.0986. The number of aromatic nitrogens is 1. The summed E-state index contributed by atoms with van der Waals surface area (Å²) < 4.78 is 28.1. The number of thiazole rings is 1. The first-order valence-electron chi connectivity index (χ1n) is 11.5. The zero-order valence-electron chi connectivity index (χ0n) is 20.6. The number of unbranched alkanes of at least 4 members (excludes halogenated alkanes) is 1. The molecule has 0 radical (unpaired) electrons. The summed E-state index contributed by atoms with van der Waals surface area (Å²) in [5.74, 6) is -0.183. The highest BCUT2D eigenvalue weighted by molar-refractivity contribution is 7.89. The molecule has 184 valence electrons. The van der Waals surface area contributed by atoms with Crippen LogP contribution in [-0.4, -0.2) is 69.3 Å². The molecular formula is C25H34N4O3S2. The second-order valence-electron chi connectivity index (χ2n) is 8.79. The lowest BCUT2D eigenvalue weighted by Crippen LogP contribution is -2.33. The molecule has 0 bridgehead atoms. The van der Waals surface area contributed by atoms with Gasteiger partial charge in [0.15, 0.2) is 5.13 Å². The number of carbonyl (C=O) groups is 1. The predicted octanol–water partition coefficient (Wildman–Crippen LogP) is 4.62. The molecule has 0 N–H and O–H groups in total. The molecule has 0 unspecified atom stereocenters. The second kappa shape index (κ2) is 11.4. The topological polar surface area (TPSA) is 73.8 Å². The van der Waals surface area contributed by atoms with Crippen molar-refractivity contribution in [2.24, 2.45) is 0 Å². The first-order chi connectivity index (χ1) is 16.1. The van der Waals surface area contributed by atoms with Crippen LogP contribution in [0.25, 0.3) is 10.2 Å². The van der Waals surface area contributed by atoms with E-state index in [1.165, 1.54) is 27.8 Å². The number of hydrogen-bond acceptors (Lipinski definition) is 6. The van der Waals surface area contributed by atoms with E-state index in [1.807, 2.05) is 40.1 Å². The van der Waals surface area contributed by atoms with Crippen LogP contribution in [0, 0.1) is 6.92 Å². The van der Waals surface area contributed by atoms with E-state index in [9.17, 15) is 13.2 Å². The highest BCUT2D eigenvalue weighted by atomic mass is 32.2. The van der Waals surface area contributed by atoms with Crippen molar-refractivity contribution in [1.29, 1.82) is 0 Å². The van der Waals surface area contributed by atoms with Crippen molar-refractivity contribution < 1.29 is 13.2 Å². The van der Waals surface area contributed by atoms with E-state index < -0.39 is 10.0 Å². The van der Waals surface area contributed by atoms with Crippen LogP contribution in [0.2, 0.25) is 0 Å². The summed E-state index contributed by atoms with van der Waals surface area (Å²) in [6.07, 6.45) is 2.51. The zero-order valence-corrected chi connectivity index (χ0v) is 22.2. The van der Waals surface area contributed by atoms with Crippen molar-refractivity contribution in [3.63, 3.8) is 0 Å². The van der Waals surface area contributed by atoms with E-state index in [0.29, 0.717) is 23.8 Å². The van der Waals surface area contributed by atoms with Gasteiger partial charge in [-0.25, -0.2) is 17.7 Å². The predicted molar refractivity (Wildman–Crippen MR) is 140 cm³/mol. The van der Waals surface area contributed by atoms with Crippen LogP contribution < -0.4 is 4.90 Å². The number of hydrogen-bond donors (Lipinski definition) is 0. The molecular weight excluding hydrogens is 468 g/mol. The first kappa shape index (κ1) is 26.3. The molecule has 0 aliphatic carbocycles. The van der Waals surface area contributed by atoms with Crippen molar-refractivity contribution in [3.8, 4) is 0 Å². The molecule has 0 fully saturated rings. The van der Waals surface area contributed by atoms with Gasteiger partial charge >= 0.3 is 0 Å². The van der Waals surface area contributed by atoms with Crippen molar-refractivity contribution >= 4 is 42.6 Å². The second-order valence-corrected chi connectivity index (χ2v) is 11.8. The minimum Gasteiger partial charge on any atom is -0.309 e. The standard InChI is InChI=1S/C25H34N4O3S2/c1-6-7-16-28(5)34(31,32)21-12-10-20(11-13-21)24(30)29(17-8-15-27(3)4)25-26-22-14-9-19(2)18-23(22)33-25/h9-14,18H,6-8,15-17H2,1-5H3. The Balaban J connectivity index is 1.88. The van der Waals surface area contributed by atoms with E-state index >= 15 is 0 Å². The third-order valence-electron chi connectivity index (χ3n) is 5.63. The number of rotatable bonds is 11. The molecule has 0 atom stereocenters. The fourth-order valence-electron chi connectivity index (χ4n) is 3.57. The van der Waals surface area contributed by atoms with Crippen LogP contribution in [0.3, 0.4) is 0 Å². The molecule has 1 aromatic heterocycles. The van der Waals surface area contributed by atoms with Crippen LogP contribution in [0.15, 0.2) is 47.4 Å². The van der Waals surface area contributed by atoms with Crippen LogP contribution >= 0.6 is 11.3 Å². The number of amides is 1. The summed E-state index contributed by atoms with van der Waals surface area (Å²) in [6, 6.07) is 12.3. The highest BCUT2D eigenvalue weighted by Gasteiger charge is 2.24. The van der Waals surface area contributed by atoms with Crippen molar-refractivity contribution in [3.05, 3.63) is 53.6 Å². The monoisotopic (exact) mass is 502 g/mol. The van der Waals surface area contributed by atoms with Crippen LogP contribution in [0.4, 0.5) is 5.13 Å². The van der Waals surface area contributed by atoms with Gasteiger partial charge in [-0.15, -0.1) is 0 Å². The van der Waals surface area contributed by atoms with Gasteiger partial charge in [-0.3, -0.25) is 9.69 Å². The van der Waals surface area contributed by atoms with Gasteiger partial charge in [-0.2, -0.15) is 0 Å². The van der Waals surface area contributed by atoms with Gasteiger partial charge in [-0.1, -0.05) is 30.7 Å². The average Bonchev–Trinajstić information content (AvgIpc) is 3.22. The number of carbonyl (C=O) groups excluding carboxylic acids is 1. The molecule has 34 heavy (non-hydrogen) atoms. The smallest absolute Gasteiger partial charge is 0.260 e. The van der Waals surface area contributed by atoms with E-state index in [1.54, 1.807) is 24.1 Å². The maximum absolute atomic E-state index is 13.5. The largest absolute Gasteiger partial charge is 0.309 e. The molecule has 0 saturated carbocycles. The van der Waals surface area contributed by atoms with E-state index in [-0.39, 0.29) is 10.8 Å². The first-order valence-corrected chi connectivity index (χ1v) is 13.8. The molecule has 0 aliphatic rings. The van der Waals surface area contributed by atoms with Crippen LogP contribution in [-0.2, 0) is 10.0 Å². The lowest BCUT2D eigenvalue weighted by Gasteiger charge is -2.21. The summed E-state index contributed by atoms with van der Waals surface area (Å²) in [5, 5.41) is 0.653. The summed E-state index contributed by atoms with van der Waals surface area (Å²) in [4.78, 5) is 22.2. The fourth-order valence-corrected chi connectivity index (χ4v) is 5.87. The fraction of sp³-hybridized carbons (Fsp3) is 0.440. The van der Waals surface area contributed by atoms with Crippen molar-refractivity contribution in [2.75, 3.05) is 45.7 Å². The average molecular weight is 503 g/mol. The van der Waals surface area contributed by atoms with Crippen molar-refractivity contribution in [1.82, 2.24) is 14.2 Å². The Morgan fingerprint density at radius 2 is 1.68 bits per heavy atom. The Hall–Kier alpha value is -2.33. The molecule has 9 heteroatoms. The maximum Gasteiger partial charge on any atom is 0.260 e. The van der Waals surface area contributed by atoms with Gasteiger partial charge < -0.3 is 4.90 Å². The molecule has 0 aliphatic heterocycles. The lowest BCUT2D eigenvalue weighted by atomic mass is 10.2. The summed E-state index contributed by atoms with van der Waals surface area (Å²) in [5.41, 5.74) is 2.46. The van der Waals surface area contributed by atoms with Gasteiger partial charge in [0.05, 0.1) is 15.1 Å². The van der Waals surface area contributed by atoms with Gasteiger partial charge in [0, 0.05) is 25.7 Å². The molecule has 0 spiro atoms. The number of benzene rings is 2. The maximum atomic E-state index is 13.5. The van der Waals surface area contributed by atoms with Crippen LogP contribution in [0.1, 0.15) is 42.1 Å². The molecule has 3 rings (SSSR count).